The monoisotopic (exact) mass is 889 g/mol. The highest BCUT2D eigenvalue weighted by molar-refractivity contribution is 7.47. The van der Waals surface area contributed by atoms with Crippen LogP contribution >= 0.6 is 7.82 Å². The molecule has 3 atom stereocenters. The number of ether oxygens (including phenoxy) is 2. The molecule has 0 aliphatic heterocycles. The molecule has 0 heterocycles. The van der Waals surface area contributed by atoms with Crippen molar-refractivity contribution in [1.82, 2.24) is 0 Å². The zero-order chi connectivity index (χ0) is 44.8. The maximum Gasteiger partial charge on any atom is 0.472 e. The minimum absolute atomic E-state index is 0.186. The minimum Gasteiger partial charge on any atom is -0.457 e. The number of aliphatic hydroxyl groups excluding tert-OH is 2. The first-order valence-electron chi connectivity index (χ1n) is 25.6. The van der Waals surface area contributed by atoms with Gasteiger partial charge >= 0.3 is 19.8 Å². The molecule has 0 aromatic rings. The van der Waals surface area contributed by atoms with Crippen LogP contribution in [-0.2, 0) is 32.7 Å². The molecule has 0 radical (unpaired) electrons. The number of aliphatic hydroxyl groups is 2. The van der Waals surface area contributed by atoms with Crippen LogP contribution in [0.2, 0.25) is 0 Å². The molecule has 0 amide bonds. The number of carbonyl (C=O) groups excluding carboxylic acids is 2. The van der Waals surface area contributed by atoms with E-state index >= 15 is 0 Å². The lowest BCUT2D eigenvalue weighted by Crippen LogP contribution is -2.28. The Balaban J connectivity index is 3.80. The maximum atomic E-state index is 12.4. The van der Waals surface area contributed by atoms with E-state index in [2.05, 4.69) is 26.0 Å². The fourth-order valence-electron chi connectivity index (χ4n) is 7.52. The van der Waals surface area contributed by atoms with E-state index < -0.39 is 58.4 Å². The van der Waals surface area contributed by atoms with E-state index in [1.165, 1.54) is 167 Å². The second-order valence-corrected chi connectivity index (χ2v) is 19.0. The van der Waals surface area contributed by atoms with Crippen LogP contribution < -0.4 is 0 Å². The molecule has 0 fully saturated rings. The summed E-state index contributed by atoms with van der Waals surface area (Å²) in [5.74, 6) is -1.01. The average molecular weight is 889 g/mol. The Labute approximate surface area is 375 Å². The van der Waals surface area contributed by atoms with E-state index in [4.69, 9.17) is 18.5 Å². The number of unbranched alkanes of at least 4 members (excludes halogenated alkanes) is 33. The second-order valence-electron chi connectivity index (χ2n) is 17.5. The third-order valence-corrected chi connectivity index (χ3v) is 12.4. The fraction of sp³-hybridized carbons (Fsp3) is 0.920. The van der Waals surface area contributed by atoms with Gasteiger partial charge in [-0.2, -0.15) is 0 Å². The summed E-state index contributed by atoms with van der Waals surface area (Å²) in [6, 6.07) is 0. The Bertz CT molecular complexity index is 1020. The van der Waals surface area contributed by atoms with Crippen molar-refractivity contribution in [3.63, 3.8) is 0 Å². The Hall–Kier alpha value is -1.29. The Morgan fingerprint density at radius 2 is 0.672 bits per heavy atom. The van der Waals surface area contributed by atoms with Crippen LogP contribution in [0.4, 0.5) is 0 Å². The molecule has 0 spiro atoms. The van der Waals surface area contributed by atoms with E-state index in [0.29, 0.717) is 12.8 Å². The Morgan fingerprint density at radius 3 is 0.934 bits per heavy atom. The minimum atomic E-state index is -4.64. The standard InChI is InChI=1S/C50H97O10P/c1-3-5-7-9-11-13-15-17-19-21-22-23-24-25-26-28-30-32-34-36-38-40-42-50(54)60-48(44-52)46-58-61(55,56)57-45-47(43-51)59-49(53)41-39-37-35-33-31-29-27-20-18-16-14-12-10-8-6-4-2/h20,27,47-48,51-52H,3-19,21-26,28-46H2,1-2H3,(H,55,56)/b27-20-. The lowest BCUT2D eigenvalue weighted by molar-refractivity contribution is -0.153. The van der Waals surface area contributed by atoms with E-state index in [0.717, 1.165) is 51.4 Å². The molecule has 61 heavy (non-hydrogen) atoms. The topological polar surface area (TPSA) is 149 Å². The molecule has 0 aromatic carbocycles. The predicted molar refractivity (Wildman–Crippen MR) is 252 cm³/mol. The van der Waals surface area contributed by atoms with E-state index in [9.17, 15) is 29.3 Å². The number of rotatable bonds is 49. The summed E-state index contributed by atoms with van der Waals surface area (Å²) in [4.78, 5) is 34.7. The first-order valence-corrected chi connectivity index (χ1v) is 27.1. The van der Waals surface area contributed by atoms with Crippen molar-refractivity contribution >= 4 is 19.8 Å². The molecule has 3 N–H and O–H groups in total. The van der Waals surface area contributed by atoms with Gasteiger partial charge in [-0.05, 0) is 38.5 Å². The summed E-state index contributed by atoms with van der Waals surface area (Å²) >= 11 is 0. The average Bonchev–Trinajstić information content (AvgIpc) is 3.25. The van der Waals surface area contributed by atoms with Gasteiger partial charge in [0.25, 0.3) is 0 Å². The SMILES string of the molecule is CCCCCCCCC/C=C\CCCCCCCC(=O)OC(CO)COP(=O)(O)OCC(CO)OC(=O)CCCCCCCCCCCCCCCCCCCCCCCC. The number of carbonyl (C=O) groups is 2. The molecule has 0 aromatic heterocycles. The second kappa shape index (κ2) is 46.7. The van der Waals surface area contributed by atoms with E-state index in [1.54, 1.807) is 0 Å². The van der Waals surface area contributed by atoms with Gasteiger partial charge in [-0.25, -0.2) is 4.57 Å². The molecular formula is C50H97O10P. The first kappa shape index (κ1) is 59.7. The van der Waals surface area contributed by atoms with Crippen LogP contribution in [0.25, 0.3) is 0 Å². The van der Waals surface area contributed by atoms with Gasteiger partial charge in [0.1, 0.15) is 12.2 Å². The van der Waals surface area contributed by atoms with E-state index in [-0.39, 0.29) is 12.8 Å². The largest absolute Gasteiger partial charge is 0.472 e. The fourth-order valence-corrected chi connectivity index (χ4v) is 8.31. The molecule has 0 rings (SSSR count). The van der Waals surface area contributed by atoms with Gasteiger partial charge < -0.3 is 24.6 Å². The first-order chi connectivity index (χ1) is 29.8. The van der Waals surface area contributed by atoms with Gasteiger partial charge in [0.05, 0.1) is 26.4 Å². The summed E-state index contributed by atoms with van der Waals surface area (Å²) in [6.45, 7) is 2.25. The number of phosphoric ester groups is 1. The molecular weight excluding hydrogens is 792 g/mol. The van der Waals surface area contributed by atoms with Crippen molar-refractivity contribution < 1.29 is 47.8 Å². The summed E-state index contributed by atoms with van der Waals surface area (Å²) < 4.78 is 32.7. The molecule has 3 unspecified atom stereocenters. The molecule has 0 aliphatic carbocycles. The molecule has 0 saturated heterocycles. The summed E-state index contributed by atoms with van der Waals surface area (Å²) in [5, 5.41) is 19.2. The molecule has 0 aliphatic rings. The van der Waals surface area contributed by atoms with Gasteiger partial charge in [-0.15, -0.1) is 0 Å². The maximum absolute atomic E-state index is 12.4. The van der Waals surface area contributed by atoms with Crippen molar-refractivity contribution in [2.45, 2.75) is 270 Å². The van der Waals surface area contributed by atoms with Crippen LogP contribution in [0.3, 0.4) is 0 Å². The predicted octanol–water partition coefficient (Wildman–Crippen LogP) is 14.3. The van der Waals surface area contributed by atoms with Crippen molar-refractivity contribution in [3.8, 4) is 0 Å². The summed E-state index contributed by atoms with van der Waals surface area (Å²) in [7, 11) is -4.64. The number of phosphoric acid groups is 1. The number of allylic oxidation sites excluding steroid dienone is 2. The van der Waals surface area contributed by atoms with Crippen LogP contribution in [0.5, 0.6) is 0 Å². The summed E-state index contributed by atoms with van der Waals surface area (Å²) in [5.41, 5.74) is 0. The van der Waals surface area contributed by atoms with Crippen molar-refractivity contribution in [1.29, 1.82) is 0 Å². The van der Waals surface area contributed by atoms with Gasteiger partial charge in [0.15, 0.2) is 0 Å². The zero-order valence-electron chi connectivity index (χ0n) is 39.7. The van der Waals surface area contributed by atoms with Crippen molar-refractivity contribution in [2.24, 2.45) is 0 Å². The summed E-state index contributed by atoms with van der Waals surface area (Å²) in [6.07, 6.45) is 47.6. The lowest BCUT2D eigenvalue weighted by Gasteiger charge is -2.20. The van der Waals surface area contributed by atoms with Crippen molar-refractivity contribution in [2.75, 3.05) is 26.4 Å². The number of hydrogen-bond donors (Lipinski definition) is 3. The van der Waals surface area contributed by atoms with Crippen LogP contribution in [0, 0.1) is 0 Å². The molecule has 0 saturated carbocycles. The van der Waals surface area contributed by atoms with Gasteiger partial charge in [-0.1, -0.05) is 219 Å². The molecule has 10 nitrogen and oxygen atoms in total. The molecule has 0 bridgehead atoms. The van der Waals surface area contributed by atoms with Crippen LogP contribution in [0.15, 0.2) is 12.2 Å². The zero-order valence-corrected chi connectivity index (χ0v) is 40.5. The van der Waals surface area contributed by atoms with Gasteiger partial charge in [-0.3, -0.25) is 18.6 Å². The van der Waals surface area contributed by atoms with Crippen LogP contribution in [-0.4, -0.2) is 65.7 Å². The highest BCUT2D eigenvalue weighted by atomic mass is 31.2. The number of esters is 2. The Morgan fingerprint density at radius 1 is 0.426 bits per heavy atom. The quantitative estimate of drug-likeness (QED) is 0.0233. The lowest BCUT2D eigenvalue weighted by atomic mass is 10.0. The third-order valence-electron chi connectivity index (χ3n) is 11.5. The van der Waals surface area contributed by atoms with Crippen LogP contribution in [0.1, 0.15) is 258 Å². The van der Waals surface area contributed by atoms with Gasteiger partial charge in [0, 0.05) is 12.8 Å². The molecule has 362 valence electrons. The smallest absolute Gasteiger partial charge is 0.457 e. The molecule has 11 heteroatoms. The Kier molecular flexibility index (Phi) is 45.7. The highest BCUT2D eigenvalue weighted by Gasteiger charge is 2.27. The van der Waals surface area contributed by atoms with Crippen molar-refractivity contribution in [3.05, 3.63) is 12.2 Å². The van der Waals surface area contributed by atoms with E-state index in [1.807, 2.05) is 0 Å². The third kappa shape index (κ3) is 45.1. The highest BCUT2D eigenvalue weighted by Crippen LogP contribution is 2.43. The van der Waals surface area contributed by atoms with Gasteiger partial charge in [0.2, 0.25) is 0 Å². The normalized spacial score (nSPS) is 13.7. The number of hydrogen-bond acceptors (Lipinski definition) is 9.